The molecule has 1 N–H and O–H groups in total. The molecule has 0 aliphatic heterocycles. The number of anilines is 1. The van der Waals surface area contributed by atoms with Crippen molar-refractivity contribution in [3.63, 3.8) is 0 Å². The fraction of sp³-hybridized carbons (Fsp3) is 0.500. The molecule has 1 fully saturated rings. The quantitative estimate of drug-likeness (QED) is 0.856. The Balaban J connectivity index is 1.84. The Labute approximate surface area is 102 Å². The van der Waals surface area contributed by atoms with E-state index >= 15 is 0 Å². The predicted octanol–water partition coefficient (Wildman–Crippen LogP) is 3.32. The van der Waals surface area contributed by atoms with Crippen molar-refractivity contribution >= 4 is 11.5 Å². The molecule has 0 bridgehead atoms. The maximum atomic E-state index is 4.31. The highest BCUT2D eigenvalue weighted by molar-refractivity contribution is 5.50. The third-order valence-corrected chi connectivity index (χ3v) is 3.75. The molecule has 0 amide bonds. The van der Waals surface area contributed by atoms with Gasteiger partial charge in [-0.2, -0.15) is 0 Å². The number of fused-ring (bicyclic) bond motifs is 1. The van der Waals surface area contributed by atoms with Crippen LogP contribution in [0.25, 0.3) is 5.65 Å². The van der Waals surface area contributed by atoms with Crippen LogP contribution >= 0.6 is 0 Å². The van der Waals surface area contributed by atoms with E-state index in [0.717, 1.165) is 11.5 Å². The minimum atomic E-state index is 0.487. The number of aromatic nitrogens is 2. The fourth-order valence-electron chi connectivity index (χ4n) is 2.83. The van der Waals surface area contributed by atoms with Gasteiger partial charge in [0.15, 0.2) is 0 Å². The summed E-state index contributed by atoms with van der Waals surface area (Å²) in [5.41, 5.74) is 1.49. The molecule has 90 valence electrons. The fourth-order valence-corrected chi connectivity index (χ4v) is 2.83. The maximum absolute atomic E-state index is 4.31. The molecular formula is C14H19N3. The highest BCUT2D eigenvalue weighted by atomic mass is 15.1. The smallest absolute Gasteiger partial charge is 0.138 e. The van der Waals surface area contributed by atoms with Crippen LogP contribution in [0.5, 0.6) is 0 Å². The first-order valence-corrected chi connectivity index (χ1v) is 6.33. The molecule has 1 saturated carbocycles. The van der Waals surface area contributed by atoms with E-state index in [1.165, 1.54) is 19.3 Å². The molecule has 0 saturated heterocycles. The molecule has 3 nitrogen and oxygen atoms in total. The average molecular weight is 229 g/mol. The molecule has 0 radical (unpaired) electrons. The maximum Gasteiger partial charge on any atom is 0.138 e. The number of nitrogens with zero attached hydrogens (tertiary/aromatic N) is 2. The van der Waals surface area contributed by atoms with E-state index in [4.69, 9.17) is 0 Å². The SMILES string of the molecule is CC1(C)CCC(Nc2cccc3nccn23)C1. The first-order valence-electron chi connectivity index (χ1n) is 6.33. The minimum absolute atomic E-state index is 0.487. The lowest BCUT2D eigenvalue weighted by atomic mass is 9.92. The van der Waals surface area contributed by atoms with E-state index in [1.807, 2.05) is 18.5 Å². The van der Waals surface area contributed by atoms with Crippen LogP contribution in [-0.4, -0.2) is 15.4 Å². The second-order valence-electron chi connectivity index (χ2n) is 5.81. The van der Waals surface area contributed by atoms with Gasteiger partial charge in [-0.1, -0.05) is 19.9 Å². The summed E-state index contributed by atoms with van der Waals surface area (Å²) in [5.74, 6) is 1.16. The number of hydrogen-bond donors (Lipinski definition) is 1. The Kier molecular flexibility index (Phi) is 2.35. The van der Waals surface area contributed by atoms with Gasteiger partial charge in [-0.05, 0) is 36.8 Å². The first kappa shape index (κ1) is 10.6. The van der Waals surface area contributed by atoms with Crippen molar-refractivity contribution in [2.45, 2.75) is 39.2 Å². The molecule has 2 heterocycles. The topological polar surface area (TPSA) is 29.3 Å². The number of pyridine rings is 1. The monoisotopic (exact) mass is 229 g/mol. The molecule has 1 unspecified atom stereocenters. The molecular weight excluding hydrogens is 210 g/mol. The van der Waals surface area contributed by atoms with E-state index < -0.39 is 0 Å². The van der Waals surface area contributed by atoms with Gasteiger partial charge in [0, 0.05) is 18.4 Å². The molecule has 1 aliphatic rings. The van der Waals surface area contributed by atoms with Crippen LogP contribution in [0.1, 0.15) is 33.1 Å². The van der Waals surface area contributed by atoms with Gasteiger partial charge in [-0.15, -0.1) is 0 Å². The van der Waals surface area contributed by atoms with Gasteiger partial charge in [0.25, 0.3) is 0 Å². The van der Waals surface area contributed by atoms with Crippen molar-refractivity contribution in [3.05, 3.63) is 30.6 Å². The van der Waals surface area contributed by atoms with Crippen molar-refractivity contribution in [2.75, 3.05) is 5.32 Å². The summed E-state index contributed by atoms with van der Waals surface area (Å²) < 4.78 is 2.12. The zero-order valence-corrected chi connectivity index (χ0v) is 10.5. The first-order chi connectivity index (χ1) is 8.14. The lowest BCUT2D eigenvalue weighted by molar-refractivity contribution is 0.378. The second-order valence-corrected chi connectivity index (χ2v) is 5.81. The van der Waals surface area contributed by atoms with Gasteiger partial charge >= 0.3 is 0 Å². The van der Waals surface area contributed by atoms with Gasteiger partial charge in [0.1, 0.15) is 11.5 Å². The predicted molar refractivity (Wildman–Crippen MR) is 70.2 cm³/mol. The Morgan fingerprint density at radius 2 is 2.29 bits per heavy atom. The van der Waals surface area contributed by atoms with E-state index in [2.05, 4.69) is 40.7 Å². The Morgan fingerprint density at radius 3 is 3.06 bits per heavy atom. The van der Waals surface area contributed by atoms with Crippen molar-refractivity contribution in [1.82, 2.24) is 9.38 Å². The zero-order chi connectivity index (χ0) is 11.9. The normalized spacial score (nSPS) is 23.1. The lowest BCUT2D eigenvalue weighted by Gasteiger charge is -2.19. The Morgan fingerprint density at radius 1 is 1.41 bits per heavy atom. The number of nitrogens with one attached hydrogen (secondary N) is 1. The van der Waals surface area contributed by atoms with E-state index in [9.17, 15) is 0 Å². The molecule has 3 rings (SSSR count). The van der Waals surface area contributed by atoms with Gasteiger partial charge in [-0.25, -0.2) is 4.98 Å². The third-order valence-electron chi connectivity index (χ3n) is 3.75. The Hall–Kier alpha value is -1.51. The second kappa shape index (κ2) is 3.76. The largest absolute Gasteiger partial charge is 0.368 e. The molecule has 2 aromatic heterocycles. The van der Waals surface area contributed by atoms with Crippen LogP contribution in [0.3, 0.4) is 0 Å². The number of rotatable bonds is 2. The molecule has 1 atom stereocenters. The van der Waals surface area contributed by atoms with Crippen LogP contribution < -0.4 is 5.32 Å². The third kappa shape index (κ3) is 2.02. The molecule has 2 aromatic rings. The zero-order valence-electron chi connectivity index (χ0n) is 10.5. The molecule has 1 aliphatic carbocycles. The van der Waals surface area contributed by atoms with Crippen LogP contribution in [0.15, 0.2) is 30.6 Å². The van der Waals surface area contributed by atoms with Gasteiger partial charge < -0.3 is 5.32 Å². The van der Waals surface area contributed by atoms with Gasteiger partial charge in [0.05, 0.1) is 0 Å². The van der Waals surface area contributed by atoms with Crippen LogP contribution in [-0.2, 0) is 0 Å². The highest BCUT2D eigenvalue weighted by Crippen LogP contribution is 2.38. The van der Waals surface area contributed by atoms with E-state index in [0.29, 0.717) is 11.5 Å². The van der Waals surface area contributed by atoms with Gasteiger partial charge in [-0.3, -0.25) is 4.40 Å². The summed E-state index contributed by atoms with van der Waals surface area (Å²) in [7, 11) is 0. The minimum Gasteiger partial charge on any atom is -0.368 e. The van der Waals surface area contributed by atoms with Crippen molar-refractivity contribution < 1.29 is 0 Å². The van der Waals surface area contributed by atoms with Crippen LogP contribution in [0, 0.1) is 5.41 Å². The number of hydrogen-bond acceptors (Lipinski definition) is 2. The van der Waals surface area contributed by atoms with E-state index in [-0.39, 0.29) is 0 Å². The summed E-state index contributed by atoms with van der Waals surface area (Å²) in [6.45, 7) is 4.71. The average Bonchev–Trinajstić information content (AvgIpc) is 2.85. The Bertz CT molecular complexity index is 527. The molecule has 3 heteroatoms. The summed E-state index contributed by atoms with van der Waals surface area (Å²) in [6.07, 6.45) is 7.68. The standard InChI is InChI=1S/C14H19N3/c1-14(2)7-6-11(10-14)16-13-5-3-4-12-15-8-9-17(12)13/h3-5,8-9,11,16H,6-7,10H2,1-2H3. The molecule has 17 heavy (non-hydrogen) atoms. The van der Waals surface area contributed by atoms with Crippen LogP contribution in [0.4, 0.5) is 5.82 Å². The van der Waals surface area contributed by atoms with Crippen LogP contribution in [0.2, 0.25) is 0 Å². The van der Waals surface area contributed by atoms with Crippen molar-refractivity contribution in [3.8, 4) is 0 Å². The van der Waals surface area contributed by atoms with E-state index in [1.54, 1.807) is 0 Å². The summed E-state index contributed by atoms with van der Waals surface area (Å²) in [6, 6.07) is 6.81. The van der Waals surface area contributed by atoms with Crippen molar-refractivity contribution in [1.29, 1.82) is 0 Å². The summed E-state index contributed by atoms with van der Waals surface area (Å²) >= 11 is 0. The number of imidazole rings is 1. The summed E-state index contributed by atoms with van der Waals surface area (Å²) in [5, 5.41) is 3.65. The van der Waals surface area contributed by atoms with Crippen molar-refractivity contribution in [2.24, 2.45) is 5.41 Å². The molecule has 0 aromatic carbocycles. The molecule has 0 spiro atoms. The summed E-state index contributed by atoms with van der Waals surface area (Å²) in [4.78, 5) is 4.31. The van der Waals surface area contributed by atoms with Gasteiger partial charge in [0.2, 0.25) is 0 Å². The highest BCUT2D eigenvalue weighted by Gasteiger charge is 2.30. The lowest BCUT2D eigenvalue weighted by Crippen LogP contribution is -2.19.